The molecule has 0 aliphatic rings. The van der Waals surface area contributed by atoms with E-state index in [2.05, 4.69) is 5.32 Å². The number of hydrogen-bond acceptors (Lipinski definition) is 4. The smallest absolute Gasteiger partial charge is 0.262 e. The van der Waals surface area contributed by atoms with Crippen molar-refractivity contribution < 1.29 is 17.9 Å². The van der Waals surface area contributed by atoms with Crippen molar-refractivity contribution in [3.05, 3.63) is 86.3 Å². The number of halogens is 4. The number of amides is 1. The van der Waals surface area contributed by atoms with Gasteiger partial charge in [-0.05, 0) is 48.0 Å². The molecule has 0 saturated carbocycles. The van der Waals surface area contributed by atoms with Crippen LogP contribution in [0.25, 0.3) is 0 Å². The zero-order valence-electron chi connectivity index (χ0n) is 17.2. The normalized spacial score (nSPS) is 11.2. The summed E-state index contributed by atoms with van der Waals surface area (Å²) < 4.78 is 31.4. The predicted molar refractivity (Wildman–Crippen MR) is 135 cm³/mol. The maximum atomic E-state index is 12.4. The Labute approximate surface area is 212 Å². The van der Waals surface area contributed by atoms with Crippen LogP contribution in [0.3, 0.4) is 0 Å². The molecule has 0 aliphatic heterocycles. The summed E-state index contributed by atoms with van der Waals surface area (Å²) in [6.45, 7) is -0.225. The third kappa shape index (κ3) is 6.91. The summed E-state index contributed by atoms with van der Waals surface area (Å²) in [6, 6.07) is 16.2. The van der Waals surface area contributed by atoms with Gasteiger partial charge in [-0.25, -0.2) is 8.42 Å². The topological polar surface area (TPSA) is 75.7 Å². The minimum Gasteiger partial charge on any atom is -0.484 e. The molecule has 3 aromatic carbocycles. The van der Waals surface area contributed by atoms with Crippen molar-refractivity contribution in [2.75, 3.05) is 22.5 Å². The van der Waals surface area contributed by atoms with Gasteiger partial charge in [0.15, 0.2) is 6.61 Å². The Morgan fingerprint density at radius 3 is 2.18 bits per heavy atom. The molecule has 0 heterocycles. The van der Waals surface area contributed by atoms with Gasteiger partial charge in [-0.2, -0.15) is 0 Å². The first-order valence-corrected chi connectivity index (χ1v) is 12.8. The van der Waals surface area contributed by atoms with E-state index in [9.17, 15) is 13.2 Å². The van der Waals surface area contributed by atoms with E-state index in [1.54, 1.807) is 48.5 Å². The quantitative estimate of drug-likeness (QED) is 0.336. The van der Waals surface area contributed by atoms with Crippen molar-refractivity contribution in [3.8, 4) is 5.75 Å². The van der Waals surface area contributed by atoms with Crippen molar-refractivity contribution >= 4 is 73.7 Å². The number of rotatable bonds is 8. The Morgan fingerprint density at radius 2 is 1.55 bits per heavy atom. The second-order valence-corrected chi connectivity index (χ2v) is 10.5. The van der Waals surface area contributed by atoms with Crippen LogP contribution in [0.5, 0.6) is 5.75 Å². The van der Waals surface area contributed by atoms with Crippen molar-refractivity contribution in [1.29, 1.82) is 0 Å². The number of benzene rings is 3. The summed E-state index contributed by atoms with van der Waals surface area (Å²) in [5.74, 6) is -0.0869. The van der Waals surface area contributed by atoms with Gasteiger partial charge in [0.25, 0.3) is 5.91 Å². The average Bonchev–Trinajstić information content (AvgIpc) is 2.75. The number of hydrogen-bond donors (Lipinski definition) is 1. The van der Waals surface area contributed by atoms with Crippen molar-refractivity contribution in [1.82, 2.24) is 0 Å². The Kier molecular flexibility index (Phi) is 8.37. The van der Waals surface area contributed by atoms with Crippen LogP contribution in [-0.2, 0) is 21.4 Å². The summed E-state index contributed by atoms with van der Waals surface area (Å²) >= 11 is 24.1. The third-order valence-corrected chi connectivity index (χ3v) is 6.99. The van der Waals surface area contributed by atoms with Crippen LogP contribution in [0.1, 0.15) is 5.56 Å². The third-order valence-electron chi connectivity index (χ3n) is 4.45. The van der Waals surface area contributed by atoms with Gasteiger partial charge in [0.1, 0.15) is 5.75 Å². The Balaban J connectivity index is 1.67. The highest BCUT2D eigenvalue weighted by atomic mass is 35.5. The van der Waals surface area contributed by atoms with E-state index < -0.39 is 15.9 Å². The number of anilines is 2. The summed E-state index contributed by atoms with van der Waals surface area (Å²) in [4.78, 5) is 12.2. The Morgan fingerprint density at radius 1 is 0.909 bits per heavy atom. The van der Waals surface area contributed by atoms with E-state index >= 15 is 0 Å². The first-order chi connectivity index (χ1) is 15.5. The fourth-order valence-corrected chi connectivity index (χ4v) is 4.51. The molecule has 3 rings (SSSR count). The number of nitrogens with zero attached hydrogens (tertiary/aromatic N) is 1. The molecule has 0 bridgehead atoms. The number of sulfonamides is 1. The highest BCUT2D eigenvalue weighted by Gasteiger charge is 2.19. The number of carbonyl (C=O) groups excluding carboxylic acids is 1. The minimum absolute atomic E-state index is 0.0749. The van der Waals surface area contributed by atoms with E-state index in [0.29, 0.717) is 27.7 Å². The first-order valence-electron chi connectivity index (χ1n) is 9.43. The fraction of sp³-hybridized carbons (Fsp3) is 0.136. The number of nitrogens with one attached hydrogen (secondary N) is 1. The summed E-state index contributed by atoms with van der Waals surface area (Å²) in [5, 5.41) is 3.82. The van der Waals surface area contributed by atoms with Crippen LogP contribution >= 0.6 is 46.4 Å². The van der Waals surface area contributed by atoms with Gasteiger partial charge in [0.2, 0.25) is 10.0 Å². The predicted octanol–water partition coefficient (Wildman–Crippen LogP) is 6.28. The van der Waals surface area contributed by atoms with Crippen molar-refractivity contribution in [2.45, 2.75) is 6.54 Å². The average molecular weight is 548 g/mol. The summed E-state index contributed by atoms with van der Waals surface area (Å²) in [6.07, 6.45) is 1.12. The van der Waals surface area contributed by atoms with E-state index in [4.69, 9.17) is 51.1 Å². The molecular weight excluding hydrogens is 530 g/mol. The second kappa shape index (κ2) is 10.8. The molecule has 0 radical (unpaired) electrons. The molecule has 1 amide bonds. The summed E-state index contributed by atoms with van der Waals surface area (Å²) in [7, 11) is -3.58. The van der Waals surface area contributed by atoms with Crippen LogP contribution in [0.4, 0.5) is 11.4 Å². The molecule has 0 saturated heterocycles. The van der Waals surface area contributed by atoms with E-state index in [1.165, 1.54) is 16.4 Å². The van der Waals surface area contributed by atoms with Crippen LogP contribution in [0.2, 0.25) is 20.1 Å². The molecule has 0 fully saturated rings. The largest absolute Gasteiger partial charge is 0.484 e. The minimum atomic E-state index is -3.58. The maximum Gasteiger partial charge on any atom is 0.262 e. The fourth-order valence-electron chi connectivity index (χ4n) is 2.84. The Bertz CT molecular complexity index is 1270. The highest BCUT2D eigenvalue weighted by molar-refractivity contribution is 7.92. The van der Waals surface area contributed by atoms with Gasteiger partial charge in [0, 0.05) is 5.02 Å². The molecular formula is C22H18Cl4N2O4S. The van der Waals surface area contributed by atoms with Gasteiger partial charge in [-0.3, -0.25) is 9.10 Å². The highest BCUT2D eigenvalue weighted by Crippen LogP contribution is 2.32. The lowest BCUT2D eigenvalue weighted by Gasteiger charge is -2.23. The SMILES string of the molecule is CS(=O)(=O)N(Cc1ccccc1Cl)c1ccc(OCC(=O)Nc2cc(Cl)c(Cl)cc2Cl)cc1. The monoisotopic (exact) mass is 546 g/mol. The van der Waals surface area contributed by atoms with E-state index in [1.807, 2.05) is 0 Å². The van der Waals surface area contributed by atoms with Gasteiger partial charge < -0.3 is 10.1 Å². The lowest BCUT2D eigenvalue weighted by atomic mass is 10.2. The number of ether oxygens (including phenoxy) is 1. The summed E-state index contributed by atoms with van der Waals surface area (Å²) in [5.41, 5.74) is 1.40. The van der Waals surface area contributed by atoms with Crippen LogP contribution in [0.15, 0.2) is 60.7 Å². The van der Waals surface area contributed by atoms with Crippen LogP contribution in [0, 0.1) is 0 Å². The molecule has 3 aromatic rings. The van der Waals surface area contributed by atoms with E-state index in [-0.39, 0.29) is 28.2 Å². The van der Waals surface area contributed by atoms with Crippen LogP contribution in [-0.4, -0.2) is 27.2 Å². The molecule has 6 nitrogen and oxygen atoms in total. The standard InChI is InChI=1S/C22H18Cl4N2O4S/c1-33(30,31)28(12-14-4-2-3-5-17(14)23)15-6-8-16(9-7-15)32-13-22(29)27-21-11-19(25)18(24)10-20(21)26/h2-11H,12-13H2,1H3,(H,27,29). The molecule has 0 spiro atoms. The molecule has 0 aliphatic carbocycles. The molecule has 0 aromatic heterocycles. The first kappa shape index (κ1) is 25.5. The molecule has 33 heavy (non-hydrogen) atoms. The van der Waals surface area contributed by atoms with E-state index in [0.717, 1.165) is 6.26 Å². The lowest BCUT2D eigenvalue weighted by Crippen LogP contribution is -2.29. The van der Waals surface area contributed by atoms with Crippen LogP contribution < -0.4 is 14.4 Å². The van der Waals surface area contributed by atoms with Gasteiger partial charge in [-0.1, -0.05) is 64.6 Å². The molecule has 0 atom stereocenters. The Hall–Kier alpha value is -2.16. The molecule has 174 valence electrons. The van der Waals surface area contributed by atoms with Crippen molar-refractivity contribution in [2.24, 2.45) is 0 Å². The molecule has 0 unspecified atom stereocenters. The maximum absolute atomic E-state index is 12.4. The molecule has 1 N–H and O–H groups in total. The van der Waals surface area contributed by atoms with Crippen molar-refractivity contribution in [3.63, 3.8) is 0 Å². The van der Waals surface area contributed by atoms with Gasteiger partial charge in [-0.15, -0.1) is 0 Å². The second-order valence-electron chi connectivity index (χ2n) is 6.94. The zero-order chi connectivity index (χ0) is 24.2. The molecule has 11 heteroatoms. The zero-order valence-corrected chi connectivity index (χ0v) is 21.0. The van der Waals surface area contributed by atoms with Gasteiger partial charge >= 0.3 is 0 Å². The number of carbonyl (C=O) groups is 1. The van der Waals surface area contributed by atoms with Gasteiger partial charge in [0.05, 0.1) is 39.2 Å². The lowest BCUT2D eigenvalue weighted by molar-refractivity contribution is -0.118.